The average molecular weight is 603 g/mol. The van der Waals surface area contributed by atoms with Gasteiger partial charge in [-0.1, -0.05) is 128 Å². The van der Waals surface area contributed by atoms with E-state index in [-0.39, 0.29) is 12.1 Å². The fourth-order valence-electron chi connectivity index (χ4n) is 5.59. The van der Waals surface area contributed by atoms with E-state index in [4.69, 9.17) is 14.2 Å². The van der Waals surface area contributed by atoms with Gasteiger partial charge in [-0.25, -0.2) is 4.79 Å². The first-order chi connectivity index (χ1) is 21.6. The highest BCUT2D eigenvalue weighted by Crippen LogP contribution is 2.26. The number of hydrogen-bond donors (Lipinski definition) is 0. The van der Waals surface area contributed by atoms with Crippen molar-refractivity contribution in [3.8, 4) is 11.5 Å². The normalized spacial score (nSPS) is 11.9. The van der Waals surface area contributed by atoms with Crippen molar-refractivity contribution < 1.29 is 19.0 Å². The number of esters is 1. The standard InChI is InChI=1S/C40H58O4/c1-4-6-8-10-11-12-13-14-15-16-17-19-29-42-38-27-25-37-31-39(28-26-36(37)30-38)43-32-34-21-23-35(24-22-34)40(41)44-33(3)20-18-9-7-5-2/h21-28,30-31,33H,4-20,29,32H2,1-3H3/t33-/m1/s1. The number of hydrogen-bond acceptors (Lipinski definition) is 4. The SMILES string of the molecule is CCCCCCCCCCCCCCOc1ccc2cc(OCc3ccc(C(=O)O[C@H](C)CCCCCC)cc3)ccc2c1. The smallest absolute Gasteiger partial charge is 0.338 e. The molecule has 0 aliphatic rings. The second kappa shape index (κ2) is 21.7. The number of ether oxygens (including phenoxy) is 3. The van der Waals surface area contributed by atoms with Crippen molar-refractivity contribution in [3.05, 3.63) is 71.8 Å². The van der Waals surface area contributed by atoms with Crippen molar-refractivity contribution in [3.63, 3.8) is 0 Å². The lowest BCUT2D eigenvalue weighted by molar-refractivity contribution is 0.0319. The number of carbonyl (C=O) groups is 1. The highest BCUT2D eigenvalue weighted by atomic mass is 16.5. The lowest BCUT2D eigenvalue weighted by atomic mass is 10.1. The van der Waals surface area contributed by atoms with Crippen LogP contribution in [0.1, 0.15) is 146 Å². The zero-order valence-corrected chi connectivity index (χ0v) is 27.9. The van der Waals surface area contributed by atoms with Gasteiger partial charge in [0.15, 0.2) is 0 Å². The Morgan fingerprint density at radius 3 is 1.66 bits per heavy atom. The Hall–Kier alpha value is -3.01. The van der Waals surface area contributed by atoms with Crippen molar-refractivity contribution in [2.24, 2.45) is 0 Å². The van der Waals surface area contributed by atoms with Crippen molar-refractivity contribution >= 4 is 16.7 Å². The summed E-state index contributed by atoms with van der Waals surface area (Å²) in [5.74, 6) is 1.49. The summed E-state index contributed by atoms with van der Waals surface area (Å²) in [6, 6.07) is 19.9. The monoisotopic (exact) mass is 602 g/mol. The predicted molar refractivity (Wildman–Crippen MR) is 185 cm³/mol. The molecule has 3 aromatic carbocycles. The van der Waals surface area contributed by atoms with Crippen molar-refractivity contribution in [1.29, 1.82) is 0 Å². The fraction of sp³-hybridized carbons (Fsp3) is 0.575. The lowest BCUT2D eigenvalue weighted by Gasteiger charge is -2.13. The molecule has 0 aliphatic carbocycles. The van der Waals surface area contributed by atoms with Crippen LogP contribution in [0.4, 0.5) is 0 Å². The number of rotatable bonds is 24. The molecule has 0 heterocycles. The molecule has 0 bridgehead atoms. The molecule has 3 aromatic rings. The maximum absolute atomic E-state index is 12.5. The Bertz CT molecular complexity index is 1190. The molecule has 0 aromatic heterocycles. The summed E-state index contributed by atoms with van der Waals surface area (Å²) >= 11 is 0. The molecule has 0 saturated heterocycles. The molecule has 242 valence electrons. The molecule has 0 N–H and O–H groups in total. The molecule has 0 spiro atoms. The maximum atomic E-state index is 12.5. The van der Waals surface area contributed by atoms with E-state index >= 15 is 0 Å². The molecule has 1 atom stereocenters. The van der Waals surface area contributed by atoms with E-state index in [2.05, 4.69) is 44.2 Å². The Kier molecular flexibility index (Phi) is 17.5. The summed E-state index contributed by atoms with van der Waals surface area (Å²) in [5.41, 5.74) is 1.59. The summed E-state index contributed by atoms with van der Waals surface area (Å²) in [6.07, 6.45) is 21.8. The third kappa shape index (κ3) is 14.2. The summed E-state index contributed by atoms with van der Waals surface area (Å²) < 4.78 is 17.7. The quantitative estimate of drug-likeness (QED) is 0.0755. The molecule has 4 nitrogen and oxygen atoms in total. The van der Waals surface area contributed by atoms with E-state index < -0.39 is 0 Å². The van der Waals surface area contributed by atoms with Gasteiger partial charge in [-0.15, -0.1) is 0 Å². The first kappa shape index (κ1) is 35.5. The topological polar surface area (TPSA) is 44.8 Å². The van der Waals surface area contributed by atoms with Gasteiger partial charge in [0, 0.05) is 0 Å². The molecular formula is C40H58O4. The van der Waals surface area contributed by atoms with Gasteiger partial charge in [-0.3, -0.25) is 0 Å². The van der Waals surface area contributed by atoms with Gasteiger partial charge in [-0.2, -0.15) is 0 Å². The van der Waals surface area contributed by atoms with Crippen LogP contribution in [0.5, 0.6) is 11.5 Å². The van der Waals surface area contributed by atoms with Crippen LogP contribution in [0.15, 0.2) is 60.7 Å². The lowest BCUT2D eigenvalue weighted by Crippen LogP contribution is -2.15. The Labute approximate surface area is 267 Å². The first-order valence-electron chi connectivity index (χ1n) is 17.7. The van der Waals surface area contributed by atoms with Gasteiger partial charge >= 0.3 is 5.97 Å². The number of carbonyl (C=O) groups excluding carboxylic acids is 1. The van der Waals surface area contributed by atoms with E-state index in [0.29, 0.717) is 12.2 Å². The summed E-state index contributed by atoms with van der Waals surface area (Å²) in [7, 11) is 0. The highest BCUT2D eigenvalue weighted by Gasteiger charge is 2.12. The van der Waals surface area contributed by atoms with Crippen LogP contribution < -0.4 is 9.47 Å². The average Bonchev–Trinajstić information content (AvgIpc) is 3.04. The van der Waals surface area contributed by atoms with Crippen LogP contribution in [-0.2, 0) is 11.3 Å². The molecule has 0 amide bonds. The largest absolute Gasteiger partial charge is 0.494 e. The highest BCUT2D eigenvalue weighted by molar-refractivity contribution is 5.89. The van der Waals surface area contributed by atoms with E-state index in [1.807, 2.05) is 37.3 Å². The van der Waals surface area contributed by atoms with Crippen LogP contribution in [0, 0.1) is 0 Å². The molecule has 4 heteroatoms. The molecule has 3 rings (SSSR count). The van der Waals surface area contributed by atoms with Crippen molar-refractivity contribution in [1.82, 2.24) is 0 Å². The molecule has 0 unspecified atom stereocenters. The minimum atomic E-state index is -0.257. The van der Waals surface area contributed by atoms with E-state index in [1.165, 1.54) is 89.9 Å². The van der Waals surface area contributed by atoms with Crippen LogP contribution in [0.25, 0.3) is 10.8 Å². The summed E-state index contributed by atoms with van der Waals surface area (Å²) in [6.45, 7) is 7.67. The van der Waals surface area contributed by atoms with Crippen molar-refractivity contribution in [2.75, 3.05) is 6.61 Å². The van der Waals surface area contributed by atoms with Gasteiger partial charge in [0.2, 0.25) is 0 Å². The Balaban J connectivity index is 1.31. The third-order valence-corrected chi connectivity index (χ3v) is 8.42. The van der Waals surface area contributed by atoms with Gasteiger partial charge in [0.25, 0.3) is 0 Å². The Morgan fingerprint density at radius 2 is 1.09 bits per heavy atom. The molecule has 0 saturated carbocycles. The minimum absolute atomic E-state index is 0.0582. The van der Waals surface area contributed by atoms with E-state index in [1.54, 1.807) is 0 Å². The molecule has 44 heavy (non-hydrogen) atoms. The maximum Gasteiger partial charge on any atom is 0.338 e. The summed E-state index contributed by atoms with van der Waals surface area (Å²) in [5, 5.41) is 2.27. The van der Waals surface area contributed by atoms with Gasteiger partial charge in [-0.05, 0) is 78.9 Å². The van der Waals surface area contributed by atoms with Gasteiger partial charge in [0.05, 0.1) is 18.3 Å². The summed E-state index contributed by atoms with van der Waals surface area (Å²) in [4.78, 5) is 12.5. The zero-order chi connectivity index (χ0) is 31.2. The van der Waals surface area contributed by atoms with Crippen LogP contribution in [0.3, 0.4) is 0 Å². The van der Waals surface area contributed by atoms with E-state index in [9.17, 15) is 4.79 Å². The first-order valence-corrected chi connectivity index (χ1v) is 17.7. The molecular weight excluding hydrogens is 544 g/mol. The number of unbranched alkanes of at least 4 members (excludes halogenated alkanes) is 14. The van der Waals surface area contributed by atoms with Gasteiger partial charge < -0.3 is 14.2 Å². The van der Waals surface area contributed by atoms with Crippen LogP contribution >= 0.6 is 0 Å². The fourth-order valence-corrected chi connectivity index (χ4v) is 5.59. The van der Waals surface area contributed by atoms with Crippen molar-refractivity contribution in [2.45, 2.75) is 143 Å². The number of fused-ring (bicyclic) bond motifs is 1. The van der Waals surface area contributed by atoms with Crippen LogP contribution in [-0.4, -0.2) is 18.7 Å². The zero-order valence-electron chi connectivity index (χ0n) is 27.9. The molecule has 0 fully saturated rings. The van der Waals surface area contributed by atoms with Gasteiger partial charge in [0.1, 0.15) is 18.1 Å². The van der Waals surface area contributed by atoms with Crippen LogP contribution in [0.2, 0.25) is 0 Å². The second-order valence-corrected chi connectivity index (χ2v) is 12.5. The Morgan fingerprint density at radius 1 is 0.591 bits per heavy atom. The third-order valence-electron chi connectivity index (χ3n) is 8.42. The number of benzene rings is 3. The molecule has 0 radical (unpaired) electrons. The molecule has 0 aliphatic heterocycles. The minimum Gasteiger partial charge on any atom is -0.494 e. The second-order valence-electron chi connectivity index (χ2n) is 12.5. The predicted octanol–water partition coefficient (Wildman–Crippen LogP) is 12.0. The van der Waals surface area contributed by atoms with E-state index in [0.717, 1.165) is 53.7 Å².